The summed E-state index contributed by atoms with van der Waals surface area (Å²) in [5, 5.41) is 14.7. The van der Waals surface area contributed by atoms with E-state index >= 15 is 0 Å². The molecule has 0 amide bonds. The van der Waals surface area contributed by atoms with Gasteiger partial charge in [-0.15, -0.1) is 0 Å². The van der Waals surface area contributed by atoms with Crippen molar-refractivity contribution in [2.45, 2.75) is 56.8 Å². The minimum atomic E-state index is -4.06. The predicted molar refractivity (Wildman–Crippen MR) is 86.6 cm³/mol. The highest BCUT2D eigenvalue weighted by Gasteiger charge is 2.22. The Morgan fingerprint density at radius 1 is 1.14 bits per heavy atom. The Labute approximate surface area is 136 Å². The number of hydrogen-bond donors (Lipinski definition) is 2. The number of phenolic OH excluding ortho intramolecular Hbond substituents is 1. The maximum atomic E-state index is 11.4. The van der Waals surface area contributed by atoms with E-state index in [1.54, 1.807) is 0 Å². The average Bonchev–Trinajstić information content (AvgIpc) is 2.37. The summed E-state index contributed by atoms with van der Waals surface area (Å²) >= 11 is 11.8. The number of aromatic hydroxyl groups is 1. The van der Waals surface area contributed by atoms with E-state index in [9.17, 15) is 13.5 Å². The van der Waals surface area contributed by atoms with E-state index in [1.807, 2.05) is 0 Å². The van der Waals surface area contributed by atoms with Gasteiger partial charge in [0.05, 0.1) is 5.02 Å². The third kappa shape index (κ3) is 5.33. The molecule has 120 valence electrons. The molecule has 3 N–H and O–H groups in total. The van der Waals surface area contributed by atoms with Crippen LogP contribution in [0.3, 0.4) is 0 Å². The molecular formula is C14H21Cl2NO3S. The van der Waals surface area contributed by atoms with E-state index in [1.165, 1.54) is 25.3 Å². The lowest BCUT2D eigenvalue weighted by Crippen LogP contribution is -2.13. The second-order valence-corrected chi connectivity index (χ2v) is 7.36. The van der Waals surface area contributed by atoms with Crippen molar-refractivity contribution in [3.63, 3.8) is 0 Å². The van der Waals surface area contributed by atoms with Crippen molar-refractivity contribution in [3.8, 4) is 5.75 Å². The molecule has 0 spiro atoms. The lowest BCUT2D eigenvalue weighted by molar-refractivity contribution is 0.464. The molecule has 1 aromatic rings. The smallest absolute Gasteiger partial charge is 0.241 e. The summed E-state index contributed by atoms with van der Waals surface area (Å²) in [6, 6.07) is 1.43. The van der Waals surface area contributed by atoms with Gasteiger partial charge in [0, 0.05) is 0 Å². The van der Waals surface area contributed by atoms with Crippen molar-refractivity contribution < 1.29 is 13.5 Å². The van der Waals surface area contributed by atoms with Gasteiger partial charge in [-0.1, -0.05) is 62.2 Å². The Balaban J connectivity index is 2.78. The third-order valence-electron chi connectivity index (χ3n) is 3.31. The molecule has 0 aliphatic heterocycles. The number of unbranched alkanes of at least 4 members (excludes halogenated alkanes) is 5. The van der Waals surface area contributed by atoms with Crippen molar-refractivity contribution in [3.05, 3.63) is 21.7 Å². The lowest BCUT2D eigenvalue weighted by Gasteiger charge is -2.11. The van der Waals surface area contributed by atoms with Crippen molar-refractivity contribution in [2.24, 2.45) is 5.14 Å². The van der Waals surface area contributed by atoms with Crippen LogP contribution >= 0.6 is 23.2 Å². The zero-order valence-electron chi connectivity index (χ0n) is 12.0. The largest absolute Gasteiger partial charge is 0.506 e. The van der Waals surface area contributed by atoms with Crippen LogP contribution < -0.4 is 5.14 Å². The van der Waals surface area contributed by atoms with Crippen molar-refractivity contribution in [1.82, 2.24) is 0 Å². The van der Waals surface area contributed by atoms with Crippen molar-refractivity contribution in [1.29, 1.82) is 0 Å². The van der Waals surface area contributed by atoms with Gasteiger partial charge in [0.1, 0.15) is 15.7 Å². The zero-order chi connectivity index (χ0) is 16.0. The summed E-state index contributed by atoms with van der Waals surface area (Å²) in [6.45, 7) is 2.16. The first-order chi connectivity index (χ1) is 9.79. The number of aryl methyl sites for hydroxylation is 1. The fourth-order valence-corrected chi connectivity index (χ4v) is 4.01. The van der Waals surface area contributed by atoms with Crippen LogP contribution in [0.4, 0.5) is 0 Å². The van der Waals surface area contributed by atoms with Gasteiger partial charge >= 0.3 is 0 Å². The molecule has 0 aliphatic carbocycles. The first-order valence-electron chi connectivity index (χ1n) is 7.01. The molecule has 0 aromatic heterocycles. The summed E-state index contributed by atoms with van der Waals surface area (Å²) in [5.41, 5.74) is 0.549. The minimum Gasteiger partial charge on any atom is -0.506 e. The Morgan fingerprint density at radius 2 is 1.71 bits per heavy atom. The van der Waals surface area contributed by atoms with Gasteiger partial charge in [-0.2, -0.15) is 0 Å². The Morgan fingerprint density at radius 3 is 2.29 bits per heavy atom. The van der Waals surface area contributed by atoms with E-state index in [4.69, 9.17) is 28.3 Å². The fraction of sp³-hybridized carbons (Fsp3) is 0.571. The van der Waals surface area contributed by atoms with Crippen LogP contribution in [-0.2, 0) is 16.4 Å². The number of nitrogens with two attached hydrogens (primary N) is 1. The molecule has 0 atom stereocenters. The monoisotopic (exact) mass is 353 g/mol. The van der Waals surface area contributed by atoms with Crippen LogP contribution in [0.1, 0.15) is 51.0 Å². The van der Waals surface area contributed by atoms with E-state index in [2.05, 4.69) is 6.92 Å². The van der Waals surface area contributed by atoms with Crippen LogP contribution in [0, 0.1) is 0 Å². The molecule has 0 heterocycles. The van der Waals surface area contributed by atoms with Gasteiger partial charge in [0.2, 0.25) is 10.0 Å². The molecule has 0 saturated carbocycles. The summed E-state index contributed by atoms with van der Waals surface area (Å²) in [6.07, 6.45) is 7.30. The highest BCUT2D eigenvalue weighted by Crippen LogP contribution is 2.39. The van der Waals surface area contributed by atoms with Crippen molar-refractivity contribution in [2.75, 3.05) is 0 Å². The summed E-state index contributed by atoms with van der Waals surface area (Å²) in [4.78, 5) is -0.421. The molecule has 0 unspecified atom stereocenters. The number of rotatable bonds is 8. The number of halogens is 2. The Kier molecular flexibility index (Phi) is 7.27. The molecule has 1 aromatic carbocycles. The van der Waals surface area contributed by atoms with E-state index in [0.717, 1.165) is 19.3 Å². The zero-order valence-corrected chi connectivity index (χ0v) is 14.4. The van der Waals surface area contributed by atoms with Crippen molar-refractivity contribution >= 4 is 33.2 Å². The maximum Gasteiger partial charge on any atom is 0.241 e. The quantitative estimate of drug-likeness (QED) is 0.685. The van der Waals surface area contributed by atoms with Crippen LogP contribution in [0.25, 0.3) is 0 Å². The number of primary sulfonamides is 1. The molecule has 0 bridgehead atoms. The minimum absolute atomic E-state index is 0.0544. The molecule has 1 rings (SSSR count). The molecule has 0 fully saturated rings. The van der Waals surface area contributed by atoms with Gasteiger partial charge < -0.3 is 5.11 Å². The highest BCUT2D eigenvalue weighted by molar-refractivity contribution is 7.89. The third-order valence-corrected chi connectivity index (χ3v) is 5.20. The topological polar surface area (TPSA) is 80.4 Å². The first-order valence-corrected chi connectivity index (χ1v) is 9.31. The fourth-order valence-electron chi connectivity index (χ4n) is 2.19. The standard InChI is InChI=1S/C14H21Cl2NO3S/c1-2-3-4-5-6-7-8-10-9-11(15)14(21(17,19)20)12(16)13(10)18/h9,18H,2-8H2,1H3,(H2,17,19,20). The number of phenols is 1. The van der Waals surface area contributed by atoms with E-state index in [0.29, 0.717) is 12.0 Å². The van der Waals surface area contributed by atoms with Gasteiger partial charge in [-0.05, 0) is 24.5 Å². The van der Waals surface area contributed by atoms with Crippen LogP contribution in [0.5, 0.6) is 5.75 Å². The van der Waals surface area contributed by atoms with Gasteiger partial charge in [-0.25, -0.2) is 13.6 Å². The average molecular weight is 354 g/mol. The second kappa shape index (κ2) is 8.22. The van der Waals surface area contributed by atoms with Gasteiger partial charge in [0.15, 0.2) is 0 Å². The van der Waals surface area contributed by atoms with Crippen LogP contribution in [0.2, 0.25) is 10.0 Å². The molecule has 0 saturated heterocycles. The summed E-state index contributed by atoms with van der Waals surface area (Å²) in [7, 11) is -4.06. The van der Waals surface area contributed by atoms with Gasteiger partial charge in [-0.3, -0.25) is 0 Å². The molecule has 4 nitrogen and oxygen atoms in total. The molecule has 0 radical (unpaired) electrons. The SMILES string of the molecule is CCCCCCCCc1cc(Cl)c(S(N)(=O)=O)c(Cl)c1O. The number of hydrogen-bond acceptors (Lipinski definition) is 3. The van der Waals surface area contributed by atoms with Gasteiger partial charge in [0.25, 0.3) is 0 Å². The molecular weight excluding hydrogens is 333 g/mol. The highest BCUT2D eigenvalue weighted by atomic mass is 35.5. The summed E-state index contributed by atoms with van der Waals surface area (Å²) in [5.74, 6) is -0.251. The van der Waals surface area contributed by atoms with Crippen LogP contribution in [-0.4, -0.2) is 13.5 Å². The first kappa shape index (κ1) is 18.6. The predicted octanol–water partition coefficient (Wildman–Crippen LogP) is 4.25. The molecule has 0 aliphatic rings. The maximum absolute atomic E-state index is 11.4. The molecule has 7 heteroatoms. The molecule has 21 heavy (non-hydrogen) atoms. The number of benzene rings is 1. The van der Waals surface area contributed by atoms with Crippen LogP contribution in [0.15, 0.2) is 11.0 Å². The Bertz CT molecular complexity index is 588. The lowest BCUT2D eigenvalue weighted by atomic mass is 10.0. The van der Waals surface area contributed by atoms with E-state index in [-0.39, 0.29) is 15.8 Å². The summed E-state index contributed by atoms with van der Waals surface area (Å²) < 4.78 is 22.8. The second-order valence-electron chi connectivity index (χ2n) is 5.07. The number of sulfonamides is 1. The Hall–Kier alpha value is -0.490. The van der Waals surface area contributed by atoms with E-state index < -0.39 is 14.9 Å². The normalized spacial score (nSPS) is 11.8.